The van der Waals surface area contributed by atoms with E-state index in [1.165, 1.54) is 0 Å². The number of hydrogen-bond acceptors (Lipinski definition) is 4. The molecule has 2 aliphatic heterocycles. The predicted molar refractivity (Wildman–Crippen MR) is 107 cm³/mol. The SMILES string of the molecule is CCNC(=O)CN1CCN(C(=O)C2(c3ccccc3)CCN(C)CC2)CC1. The highest BCUT2D eigenvalue weighted by atomic mass is 16.2. The first-order valence-corrected chi connectivity index (χ1v) is 10.1. The molecule has 0 unspecified atom stereocenters. The number of hydrogen-bond donors (Lipinski definition) is 1. The van der Waals surface area contributed by atoms with Crippen LogP contribution in [-0.4, -0.2) is 85.9 Å². The van der Waals surface area contributed by atoms with Gasteiger partial charge >= 0.3 is 0 Å². The van der Waals surface area contributed by atoms with Gasteiger partial charge in [0, 0.05) is 32.7 Å². The van der Waals surface area contributed by atoms with E-state index in [1.54, 1.807) is 0 Å². The molecule has 1 aromatic carbocycles. The second kappa shape index (κ2) is 8.85. The fourth-order valence-corrected chi connectivity index (χ4v) is 4.25. The molecule has 2 fully saturated rings. The van der Waals surface area contributed by atoms with E-state index in [0.29, 0.717) is 26.2 Å². The Balaban J connectivity index is 1.68. The summed E-state index contributed by atoms with van der Waals surface area (Å²) >= 11 is 0. The molecule has 0 bridgehead atoms. The van der Waals surface area contributed by atoms with Crippen LogP contribution in [0, 0.1) is 0 Å². The van der Waals surface area contributed by atoms with Crippen LogP contribution in [0.1, 0.15) is 25.3 Å². The minimum absolute atomic E-state index is 0.0633. The third-order valence-electron chi connectivity index (χ3n) is 5.98. The molecule has 2 aliphatic rings. The maximum atomic E-state index is 13.6. The zero-order valence-electron chi connectivity index (χ0n) is 16.6. The van der Waals surface area contributed by atoms with E-state index in [9.17, 15) is 9.59 Å². The van der Waals surface area contributed by atoms with Crippen molar-refractivity contribution >= 4 is 11.8 Å². The van der Waals surface area contributed by atoms with Gasteiger partial charge in [0.2, 0.25) is 11.8 Å². The molecule has 0 radical (unpaired) electrons. The summed E-state index contributed by atoms with van der Waals surface area (Å²) in [5.74, 6) is 0.327. The van der Waals surface area contributed by atoms with Crippen molar-refractivity contribution < 1.29 is 9.59 Å². The molecule has 148 valence electrons. The van der Waals surface area contributed by atoms with Gasteiger partial charge in [0.25, 0.3) is 0 Å². The average Bonchev–Trinajstić information content (AvgIpc) is 2.70. The molecule has 0 saturated carbocycles. The van der Waals surface area contributed by atoms with Gasteiger partial charge in [0.1, 0.15) is 0 Å². The highest BCUT2D eigenvalue weighted by Gasteiger charge is 2.44. The molecule has 3 rings (SSSR count). The Morgan fingerprint density at radius 1 is 1.00 bits per heavy atom. The van der Waals surface area contributed by atoms with E-state index in [1.807, 2.05) is 30.0 Å². The van der Waals surface area contributed by atoms with E-state index in [2.05, 4.69) is 34.3 Å². The summed E-state index contributed by atoms with van der Waals surface area (Å²) in [6.45, 7) is 7.80. The lowest BCUT2D eigenvalue weighted by Crippen LogP contribution is -2.57. The van der Waals surface area contributed by atoms with Crippen molar-refractivity contribution in [3.05, 3.63) is 35.9 Å². The topological polar surface area (TPSA) is 55.9 Å². The number of rotatable bonds is 5. The van der Waals surface area contributed by atoms with Crippen molar-refractivity contribution in [1.82, 2.24) is 20.0 Å². The number of amides is 2. The third-order valence-corrected chi connectivity index (χ3v) is 5.98. The fraction of sp³-hybridized carbons (Fsp3) is 0.619. The molecule has 0 aliphatic carbocycles. The summed E-state index contributed by atoms with van der Waals surface area (Å²) in [5.41, 5.74) is 0.739. The van der Waals surface area contributed by atoms with Crippen LogP contribution in [0.4, 0.5) is 0 Å². The van der Waals surface area contributed by atoms with Crippen LogP contribution in [0.15, 0.2) is 30.3 Å². The molecule has 2 heterocycles. The van der Waals surface area contributed by atoms with Crippen molar-refractivity contribution in [3.8, 4) is 0 Å². The Kier molecular flexibility index (Phi) is 6.50. The number of likely N-dealkylation sites (tertiary alicyclic amines) is 1. The van der Waals surface area contributed by atoms with E-state index in [-0.39, 0.29) is 11.8 Å². The van der Waals surface area contributed by atoms with E-state index >= 15 is 0 Å². The van der Waals surface area contributed by atoms with Gasteiger partial charge in [0.05, 0.1) is 12.0 Å². The highest BCUT2D eigenvalue weighted by molar-refractivity contribution is 5.88. The van der Waals surface area contributed by atoms with E-state index in [0.717, 1.165) is 44.6 Å². The Labute approximate surface area is 162 Å². The number of carbonyl (C=O) groups is 2. The molecule has 27 heavy (non-hydrogen) atoms. The van der Waals surface area contributed by atoms with Gasteiger partial charge in [-0.15, -0.1) is 0 Å². The first-order chi connectivity index (χ1) is 13.0. The molecule has 0 spiro atoms. The first-order valence-electron chi connectivity index (χ1n) is 10.1. The molecule has 2 amide bonds. The smallest absolute Gasteiger partial charge is 0.234 e. The quantitative estimate of drug-likeness (QED) is 0.836. The molecule has 6 heteroatoms. The van der Waals surface area contributed by atoms with Gasteiger partial charge in [-0.25, -0.2) is 0 Å². The minimum Gasteiger partial charge on any atom is -0.355 e. The summed E-state index contributed by atoms with van der Waals surface area (Å²) in [6.07, 6.45) is 1.73. The van der Waals surface area contributed by atoms with Crippen LogP contribution in [0.25, 0.3) is 0 Å². The minimum atomic E-state index is -0.407. The number of nitrogens with one attached hydrogen (secondary N) is 1. The van der Waals surface area contributed by atoms with Gasteiger partial charge < -0.3 is 15.1 Å². The lowest BCUT2D eigenvalue weighted by Gasteiger charge is -2.44. The molecule has 1 aromatic rings. The monoisotopic (exact) mass is 372 g/mol. The zero-order chi connectivity index (χ0) is 19.3. The number of piperidine rings is 1. The van der Waals surface area contributed by atoms with Crippen LogP contribution < -0.4 is 5.32 Å². The van der Waals surface area contributed by atoms with Crippen LogP contribution in [0.5, 0.6) is 0 Å². The van der Waals surface area contributed by atoms with Crippen molar-refractivity contribution in [2.45, 2.75) is 25.2 Å². The van der Waals surface area contributed by atoms with Gasteiger partial charge in [-0.05, 0) is 45.5 Å². The van der Waals surface area contributed by atoms with Gasteiger partial charge in [-0.2, -0.15) is 0 Å². The lowest BCUT2D eigenvalue weighted by atomic mass is 9.71. The Hall–Kier alpha value is -1.92. The van der Waals surface area contributed by atoms with Crippen molar-refractivity contribution in [2.75, 3.05) is 59.4 Å². The lowest BCUT2D eigenvalue weighted by molar-refractivity contribution is -0.141. The standard InChI is InChI=1S/C21H32N4O2/c1-3-22-19(26)17-24-13-15-25(16-14-24)20(27)21(9-11-23(2)12-10-21)18-7-5-4-6-8-18/h4-8H,3,9-17H2,1-2H3,(H,22,26). The number of likely N-dealkylation sites (N-methyl/N-ethyl adjacent to an activating group) is 1. The fourth-order valence-electron chi connectivity index (χ4n) is 4.25. The van der Waals surface area contributed by atoms with E-state index in [4.69, 9.17) is 0 Å². The van der Waals surface area contributed by atoms with Crippen LogP contribution in [0.3, 0.4) is 0 Å². The first kappa shape index (κ1) is 19.8. The second-order valence-electron chi connectivity index (χ2n) is 7.77. The number of nitrogens with zero attached hydrogens (tertiary/aromatic N) is 3. The molecule has 1 N–H and O–H groups in total. The molecule has 0 atom stereocenters. The third kappa shape index (κ3) is 4.50. The average molecular weight is 373 g/mol. The Bertz CT molecular complexity index is 633. The normalized spacial score (nSPS) is 21.0. The zero-order valence-corrected chi connectivity index (χ0v) is 16.6. The van der Waals surface area contributed by atoms with Crippen molar-refractivity contribution in [3.63, 3.8) is 0 Å². The molecule has 0 aromatic heterocycles. The maximum Gasteiger partial charge on any atom is 0.234 e. The van der Waals surface area contributed by atoms with Crippen molar-refractivity contribution in [2.24, 2.45) is 0 Å². The number of benzene rings is 1. The number of carbonyl (C=O) groups excluding carboxylic acids is 2. The second-order valence-corrected chi connectivity index (χ2v) is 7.77. The highest BCUT2D eigenvalue weighted by Crippen LogP contribution is 2.37. The molecule has 2 saturated heterocycles. The van der Waals surface area contributed by atoms with Gasteiger partial charge in [0.15, 0.2) is 0 Å². The van der Waals surface area contributed by atoms with Crippen LogP contribution in [-0.2, 0) is 15.0 Å². The molecular formula is C21H32N4O2. The summed E-state index contributed by atoms with van der Waals surface area (Å²) in [6, 6.07) is 10.3. The Morgan fingerprint density at radius 2 is 1.63 bits per heavy atom. The van der Waals surface area contributed by atoms with Gasteiger partial charge in [-0.3, -0.25) is 14.5 Å². The van der Waals surface area contributed by atoms with Crippen molar-refractivity contribution in [1.29, 1.82) is 0 Å². The predicted octanol–water partition coefficient (Wildman–Crippen LogP) is 0.930. The van der Waals surface area contributed by atoms with Crippen LogP contribution >= 0.6 is 0 Å². The summed E-state index contributed by atoms with van der Waals surface area (Å²) < 4.78 is 0. The van der Waals surface area contributed by atoms with E-state index < -0.39 is 5.41 Å². The summed E-state index contributed by atoms with van der Waals surface area (Å²) in [7, 11) is 2.12. The van der Waals surface area contributed by atoms with Crippen LogP contribution in [0.2, 0.25) is 0 Å². The molecular weight excluding hydrogens is 340 g/mol. The maximum absolute atomic E-state index is 13.6. The summed E-state index contributed by atoms with van der Waals surface area (Å²) in [4.78, 5) is 31.9. The largest absolute Gasteiger partial charge is 0.355 e. The molecule has 6 nitrogen and oxygen atoms in total. The Morgan fingerprint density at radius 3 is 2.22 bits per heavy atom. The summed E-state index contributed by atoms with van der Waals surface area (Å²) in [5, 5.41) is 2.84. The van der Waals surface area contributed by atoms with Gasteiger partial charge in [-0.1, -0.05) is 30.3 Å². The number of piperazine rings is 1.